The van der Waals surface area contributed by atoms with Crippen molar-refractivity contribution in [1.29, 1.82) is 0 Å². The van der Waals surface area contributed by atoms with Gasteiger partial charge in [-0.1, -0.05) is 25.5 Å². The maximum absolute atomic E-state index is 5.09. The molecule has 220 valence electrons. The summed E-state index contributed by atoms with van der Waals surface area (Å²) in [5.74, 6) is 2.00. The molecule has 0 aliphatic carbocycles. The molecule has 0 atom stereocenters. The number of nitrogens with zero attached hydrogens (tertiary/aromatic N) is 5. The first kappa shape index (κ1) is 31.3. The largest absolute Gasteiger partial charge is 0.351 e. The van der Waals surface area contributed by atoms with Crippen LogP contribution in [0.1, 0.15) is 101 Å². The smallest absolute Gasteiger partial charge is 0.232 e. The van der Waals surface area contributed by atoms with Crippen LogP contribution in [0, 0.1) is 0 Å². The van der Waals surface area contributed by atoms with Gasteiger partial charge >= 0.3 is 0 Å². The van der Waals surface area contributed by atoms with Crippen molar-refractivity contribution in [1.82, 2.24) is 25.2 Å². The Balaban J connectivity index is 1.96. The fraction of sp³-hybridized carbons (Fsp3) is 0.774. The minimum atomic E-state index is 0.0206. The highest BCUT2D eigenvalue weighted by Gasteiger charge is 2.45. The SMILES string of the molecule is C=CCNc1nc(NC2CC(C)(C)N(CC=C)C(C)(C)C2)nc(N(CCCC)C2CC(C)(C)NC(C)(C)C2)n1. The van der Waals surface area contributed by atoms with Crippen LogP contribution in [0.15, 0.2) is 25.3 Å². The van der Waals surface area contributed by atoms with Gasteiger partial charge in [0.2, 0.25) is 17.8 Å². The van der Waals surface area contributed by atoms with E-state index in [2.05, 4.69) is 101 Å². The maximum atomic E-state index is 5.09. The second kappa shape index (κ2) is 12.1. The third kappa shape index (κ3) is 8.16. The van der Waals surface area contributed by atoms with E-state index in [1.165, 1.54) is 0 Å². The molecule has 2 fully saturated rings. The highest BCUT2D eigenvalue weighted by molar-refractivity contribution is 5.46. The third-order valence-electron chi connectivity index (χ3n) is 8.25. The van der Waals surface area contributed by atoms with E-state index in [0.717, 1.165) is 57.6 Å². The zero-order chi connectivity index (χ0) is 29.1. The van der Waals surface area contributed by atoms with Crippen LogP contribution >= 0.6 is 0 Å². The minimum absolute atomic E-state index is 0.0206. The van der Waals surface area contributed by atoms with Crippen molar-refractivity contribution in [3.8, 4) is 0 Å². The van der Waals surface area contributed by atoms with Gasteiger partial charge in [-0.15, -0.1) is 13.2 Å². The number of anilines is 3. The van der Waals surface area contributed by atoms with Crippen molar-refractivity contribution in [2.45, 2.75) is 135 Å². The quantitative estimate of drug-likeness (QED) is 0.278. The Kier molecular flexibility index (Phi) is 9.75. The molecule has 3 N–H and O–H groups in total. The number of nitrogens with one attached hydrogen (secondary N) is 3. The highest BCUT2D eigenvalue weighted by Crippen LogP contribution is 2.39. The molecule has 0 bridgehead atoms. The fourth-order valence-electron chi connectivity index (χ4n) is 7.29. The zero-order valence-corrected chi connectivity index (χ0v) is 26.3. The zero-order valence-electron chi connectivity index (χ0n) is 26.3. The fourth-order valence-corrected chi connectivity index (χ4v) is 7.29. The van der Waals surface area contributed by atoms with Gasteiger partial charge in [-0.3, -0.25) is 4.90 Å². The van der Waals surface area contributed by atoms with E-state index in [1.807, 2.05) is 12.2 Å². The van der Waals surface area contributed by atoms with Crippen molar-refractivity contribution in [3.05, 3.63) is 25.3 Å². The van der Waals surface area contributed by atoms with Gasteiger partial charge < -0.3 is 20.9 Å². The van der Waals surface area contributed by atoms with Gasteiger partial charge in [-0.2, -0.15) is 15.0 Å². The van der Waals surface area contributed by atoms with E-state index in [0.29, 0.717) is 24.5 Å². The first-order chi connectivity index (χ1) is 18.1. The molecule has 1 aromatic rings. The van der Waals surface area contributed by atoms with Gasteiger partial charge in [0.15, 0.2) is 0 Å². The van der Waals surface area contributed by atoms with Crippen molar-refractivity contribution in [2.75, 3.05) is 35.2 Å². The molecule has 2 aliphatic rings. The first-order valence-corrected chi connectivity index (χ1v) is 14.9. The second-order valence-electron chi connectivity index (χ2n) is 14.2. The summed E-state index contributed by atoms with van der Waals surface area (Å²) in [5.41, 5.74) is 0.108. The lowest BCUT2D eigenvalue weighted by atomic mass is 9.77. The number of rotatable bonds is 12. The minimum Gasteiger partial charge on any atom is -0.351 e. The number of piperidine rings is 2. The van der Waals surface area contributed by atoms with Gasteiger partial charge in [-0.05, 0) is 87.5 Å². The Hall–Kier alpha value is -2.19. The van der Waals surface area contributed by atoms with E-state index in [9.17, 15) is 0 Å². The molecule has 3 rings (SSSR count). The lowest BCUT2D eigenvalue weighted by molar-refractivity contribution is -0.0215. The summed E-state index contributed by atoms with van der Waals surface area (Å²) in [5, 5.41) is 10.9. The van der Waals surface area contributed by atoms with Gasteiger partial charge in [0.05, 0.1) is 0 Å². The average molecular weight is 541 g/mol. The molecule has 0 saturated carbocycles. The third-order valence-corrected chi connectivity index (χ3v) is 8.25. The Bertz CT molecular complexity index is 949. The monoisotopic (exact) mass is 540 g/mol. The molecule has 0 aromatic carbocycles. The van der Waals surface area contributed by atoms with Gasteiger partial charge in [-0.25, -0.2) is 0 Å². The number of unbranched alkanes of at least 4 members (excludes halogenated alkanes) is 1. The van der Waals surface area contributed by atoms with Gasteiger partial charge in [0, 0.05) is 53.9 Å². The Morgan fingerprint density at radius 2 is 1.49 bits per heavy atom. The predicted molar refractivity (Wildman–Crippen MR) is 167 cm³/mol. The van der Waals surface area contributed by atoms with E-state index in [1.54, 1.807) is 0 Å². The number of aromatic nitrogens is 3. The van der Waals surface area contributed by atoms with Gasteiger partial charge in [0.25, 0.3) is 0 Å². The van der Waals surface area contributed by atoms with E-state index in [-0.39, 0.29) is 28.2 Å². The lowest BCUT2D eigenvalue weighted by Gasteiger charge is -2.55. The molecule has 0 radical (unpaired) electrons. The summed E-state index contributed by atoms with van der Waals surface area (Å²) in [6.07, 6.45) is 10.1. The van der Waals surface area contributed by atoms with Crippen LogP contribution in [-0.4, -0.2) is 73.7 Å². The van der Waals surface area contributed by atoms with Crippen molar-refractivity contribution >= 4 is 17.8 Å². The number of hydrogen-bond acceptors (Lipinski definition) is 8. The highest BCUT2D eigenvalue weighted by atomic mass is 15.4. The molecule has 8 nitrogen and oxygen atoms in total. The molecule has 3 heterocycles. The van der Waals surface area contributed by atoms with Crippen molar-refractivity contribution in [3.63, 3.8) is 0 Å². The predicted octanol–water partition coefficient (Wildman–Crippen LogP) is 6.00. The molecule has 0 amide bonds. The van der Waals surface area contributed by atoms with Crippen LogP contribution in [0.25, 0.3) is 0 Å². The molecular formula is C31H56N8. The molecule has 0 spiro atoms. The van der Waals surface area contributed by atoms with Crippen LogP contribution in [0.3, 0.4) is 0 Å². The van der Waals surface area contributed by atoms with E-state index in [4.69, 9.17) is 15.0 Å². The molecule has 2 aliphatic heterocycles. The Morgan fingerprint density at radius 3 is 2.03 bits per heavy atom. The van der Waals surface area contributed by atoms with Crippen molar-refractivity contribution in [2.24, 2.45) is 0 Å². The van der Waals surface area contributed by atoms with Crippen LogP contribution in [0.2, 0.25) is 0 Å². The molecule has 1 aromatic heterocycles. The Labute approximate surface area is 238 Å². The summed E-state index contributed by atoms with van der Waals surface area (Å²) < 4.78 is 0. The van der Waals surface area contributed by atoms with Crippen LogP contribution in [0.4, 0.5) is 17.8 Å². The van der Waals surface area contributed by atoms with Gasteiger partial charge in [0.1, 0.15) is 0 Å². The summed E-state index contributed by atoms with van der Waals surface area (Å²) in [7, 11) is 0. The normalized spacial score (nSPS) is 22.7. The summed E-state index contributed by atoms with van der Waals surface area (Å²) in [6, 6.07) is 0.588. The topological polar surface area (TPSA) is 81.2 Å². The second-order valence-corrected chi connectivity index (χ2v) is 14.2. The van der Waals surface area contributed by atoms with E-state index >= 15 is 0 Å². The summed E-state index contributed by atoms with van der Waals surface area (Å²) in [6.45, 7) is 31.1. The summed E-state index contributed by atoms with van der Waals surface area (Å²) in [4.78, 5) is 19.9. The Morgan fingerprint density at radius 1 is 0.897 bits per heavy atom. The van der Waals surface area contributed by atoms with Crippen LogP contribution in [0.5, 0.6) is 0 Å². The molecule has 0 unspecified atom stereocenters. The van der Waals surface area contributed by atoms with Crippen molar-refractivity contribution < 1.29 is 0 Å². The first-order valence-electron chi connectivity index (χ1n) is 14.9. The summed E-state index contributed by atoms with van der Waals surface area (Å²) >= 11 is 0. The molecule has 8 heteroatoms. The molecule has 2 saturated heterocycles. The number of likely N-dealkylation sites (tertiary alicyclic amines) is 1. The average Bonchev–Trinajstić information content (AvgIpc) is 2.77. The molecule has 39 heavy (non-hydrogen) atoms. The van der Waals surface area contributed by atoms with Crippen LogP contribution < -0.4 is 20.9 Å². The number of hydrogen-bond donors (Lipinski definition) is 3. The maximum Gasteiger partial charge on any atom is 0.232 e. The lowest BCUT2D eigenvalue weighted by Crippen LogP contribution is -2.63. The molecular weight excluding hydrogens is 484 g/mol. The van der Waals surface area contributed by atoms with E-state index < -0.39 is 0 Å². The standard InChI is InChI=1S/C31H56N8/c1-12-15-18-38(24-21-28(4,5)37-29(6,7)22-24)27-35-25(32-16-13-2)34-26(36-27)33-23-19-30(8,9)39(17-14-3)31(10,11)20-23/h13-14,23-24,37H,2-3,12,15-22H2,1,4-11H3,(H2,32,33,34,35,36). The van der Waals surface area contributed by atoms with Crippen LogP contribution in [-0.2, 0) is 0 Å².